The average Bonchev–Trinajstić information content (AvgIpc) is 2.28. The molecule has 1 fully saturated rings. The number of carbonyl (C=O) groups is 1. The van der Waals surface area contributed by atoms with E-state index in [1.165, 1.54) is 25.5 Å². The summed E-state index contributed by atoms with van der Waals surface area (Å²) in [7, 11) is 6.37. The van der Waals surface area contributed by atoms with Crippen LogP contribution in [0.4, 0.5) is 0 Å². The van der Waals surface area contributed by atoms with Crippen LogP contribution in [0, 0.1) is 11.3 Å². The van der Waals surface area contributed by atoms with Crippen molar-refractivity contribution >= 4 is 6.29 Å². The standard InChI is InChI=1S/C15H30N2O/c1-14-7-5-8-15(11-14,13-18)12-17(4)10-6-9-16(2)3/h13-14H,5-12H2,1-4H3. The normalized spacial score (nSPS) is 28.9. The second-order valence-corrected chi connectivity index (χ2v) is 6.58. The Morgan fingerprint density at radius 2 is 2.00 bits per heavy atom. The first-order chi connectivity index (χ1) is 8.47. The summed E-state index contributed by atoms with van der Waals surface area (Å²) in [4.78, 5) is 16.1. The van der Waals surface area contributed by atoms with Crippen LogP contribution in [0.2, 0.25) is 0 Å². The second-order valence-electron chi connectivity index (χ2n) is 6.58. The van der Waals surface area contributed by atoms with Gasteiger partial charge in [-0.25, -0.2) is 0 Å². The second kappa shape index (κ2) is 7.25. The Morgan fingerprint density at radius 3 is 2.56 bits per heavy atom. The van der Waals surface area contributed by atoms with Crippen molar-refractivity contribution in [3.05, 3.63) is 0 Å². The highest BCUT2D eigenvalue weighted by Crippen LogP contribution is 2.38. The van der Waals surface area contributed by atoms with Gasteiger partial charge in [0.15, 0.2) is 0 Å². The van der Waals surface area contributed by atoms with Gasteiger partial charge in [0.2, 0.25) is 0 Å². The molecule has 1 rings (SSSR count). The number of carbonyl (C=O) groups excluding carboxylic acids is 1. The van der Waals surface area contributed by atoms with Crippen LogP contribution in [-0.4, -0.2) is 56.9 Å². The molecule has 0 N–H and O–H groups in total. The monoisotopic (exact) mass is 254 g/mol. The zero-order valence-corrected chi connectivity index (χ0v) is 12.6. The van der Waals surface area contributed by atoms with Crippen molar-refractivity contribution in [3.63, 3.8) is 0 Å². The third kappa shape index (κ3) is 5.07. The molecule has 0 aromatic carbocycles. The van der Waals surface area contributed by atoms with Crippen molar-refractivity contribution in [2.24, 2.45) is 11.3 Å². The number of hydrogen-bond acceptors (Lipinski definition) is 3. The quantitative estimate of drug-likeness (QED) is 0.651. The minimum Gasteiger partial charge on any atom is -0.309 e. The number of nitrogens with zero attached hydrogens (tertiary/aromatic N) is 2. The van der Waals surface area contributed by atoms with Gasteiger partial charge in [-0.1, -0.05) is 19.8 Å². The Labute approximate surface area is 113 Å². The topological polar surface area (TPSA) is 23.6 Å². The molecular weight excluding hydrogens is 224 g/mol. The summed E-state index contributed by atoms with van der Waals surface area (Å²) in [5, 5.41) is 0. The predicted molar refractivity (Wildman–Crippen MR) is 76.8 cm³/mol. The predicted octanol–water partition coefficient (Wildman–Crippen LogP) is 2.27. The third-order valence-corrected chi connectivity index (χ3v) is 4.11. The van der Waals surface area contributed by atoms with Gasteiger partial charge in [0.1, 0.15) is 6.29 Å². The molecule has 2 unspecified atom stereocenters. The molecule has 106 valence electrons. The third-order valence-electron chi connectivity index (χ3n) is 4.11. The first-order valence-corrected chi connectivity index (χ1v) is 7.27. The number of hydrogen-bond donors (Lipinski definition) is 0. The SMILES string of the molecule is CC1CCCC(C=O)(CN(C)CCCN(C)C)C1. The molecule has 3 heteroatoms. The van der Waals surface area contributed by atoms with Crippen LogP contribution in [-0.2, 0) is 4.79 Å². The van der Waals surface area contributed by atoms with Gasteiger partial charge >= 0.3 is 0 Å². The maximum atomic E-state index is 11.5. The van der Waals surface area contributed by atoms with E-state index in [1.807, 2.05) is 0 Å². The Kier molecular flexibility index (Phi) is 6.30. The number of rotatable bonds is 7. The molecule has 18 heavy (non-hydrogen) atoms. The largest absolute Gasteiger partial charge is 0.309 e. The zero-order chi connectivity index (χ0) is 13.6. The molecule has 0 aliphatic heterocycles. The van der Waals surface area contributed by atoms with Gasteiger partial charge < -0.3 is 14.6 Å². The fourth-order valence-corrected chi connectivity index (χ4v) is 3.26. The molecule has 1 aliphatic carbocycles. The van der Waals surface area contributed by atoms with Gasteiger partial charge in [0.05, 0.1) is 0 Å². The molecule has 0 saturated heterocycles. The van der Waals surface area contributed by atoms with Crippen LogP contribution in [0.5, 0.6) is 0 Å². The Balaban J connectivity index is 2.39. The van der Waals surface area contributed by atoms with E-state index in [1.54, 1.807) is 0 Å². The van der Waals surface area contributed by atoms with Crippen molar-refractivity contribution in [3.8, 4) is 0 Å². The fraction of sp³-hybridized carbons (Fsp3) is 0.933. The van der Waals surface area contributed by atoms with Gasteiger partial charge in [0.25, 0.3) is 0 Å². The first-order valence-electron chi connectivity index (χ1n) is 7.27. The van der Waals surface area contributed by atoms with E-state index in [0.29, 0.717) is 5.92 Å². The van der Waals surface area contributed by atoms with Crippen LogP contribution in [0.25, 0.3) is 0 Å². The molecule has 1 saturated carbocycles. The van der Waals surface area contributed by atoms with Crippen LogP contribution < -0.4 is 0 Å². The van der Waals surface area contributed by atoms with Crippen molar-refractivity contribution < 1.29 is 4.79 Å². The van der Waals surface area contributed by atoms with Crippen LogP contribution in [0.1, 0.15) is 39.0 Å². The summed E-state index contributed by atoms with van der Waals surface area (Å²) < 4.78 is 0. The summed E-state index contributed by atoms with van der Waals surface area (Å²) in [6, 6.07) is 0. The average molecular weight is 254 g/mol. The minimum atomic E-state index is -0.0649. The summed E-state index contributed by atoms with van der Waals surface area (Å²) in [6.07, 6.45) is 7.08. The van der Waals surface area contributed by atoms with Gasteiger partial charge in [-0.2, -0.15) is 0 Å². The van der Waals surface area contributed by atoms with Gasteiger partial charge in [0, 0.05) is 12.0 Å². The maximum absolute atomic E-state index is 11.5. The van der Waals surface area contributed by atoms with Crippen molar-refractivity contribution in [1.29, 1.82) is 0 Å². The molecule has 2 atom stereocenters. The molecule has 0 aromatic rings. The molecule has 3 nitrogen and oxygen atoms in total. The van der Waals surface area contributed by atoms with E-state index in [0.717, 1.165) is 32.5 Å². The number of aldehydes is 1. The van der Waals surface area contributed by atoms with Crippen LogP contribution in [0.15, 0.2) is 0 Å². The van der Waals surface area contributed by atoms with E-state index in [4.69, 9.17) is 0 Å². The molecule has 0 heterocycles. The van der Waals surface area contributed by atoms with Crippen molar-refractivity contribution in [2.45, 2.75) is 39.0 Å². The van der Waals surface area contributed by atoms with Gasteiger partial charge in [-0.05, 0) is 59.4 Å². The van der Waals surface area contributed by atoms with Gasteiger partial charge in [-0.3, -0.25) is 0 Å². The Hall–Kier alpha value is -0.410. The van der Waals surface area contributed by atoms with E-state index >= 15 is 0 Å². The minimum absolute atomic E-state index is 0.0649. The van der Waals surface area contributed by atoms with Gasteiger partial charge in [-0.15, -0.1) is 0 Å². The van der Waals surface area contributed by atoms with E-state index in [2.05, 4.69) is 37.9 Å². The van der Waals surface area contributed by atoms with E-state index in [-0.39, 0.29) is 5.41 Å². The summed E-state index contributed by atoms with van der Waals surface area (Å²) in [5.74, 6) is 0.708. The lowest BCUT2D eigenvalue weighted by atomic mass is 9.71. The highest BCUT2D eigenvalue weighted by molar-refractivity contribution is 5.60. The lowest BCUT2D eigenvalue weighted by molar-refractivity contribution is -0.119. The smallest absolute Gasteiger partial charge is 0.127 e. The molecule has 0 aromatic heterocycles. The van der Waals surface area contributed by atoms with Crippen molar-refractivity contribution in [2.75, 3.05) is 40.8 Å². The van der Waals surface area contributed by atoms with Crippen molar-refractivity contribution in [1.82, 2.24) is 9.80 Å². The van der Waals surface area contributed by atoms with Crippen LogP contribution >= 0.6 is 0 Å². The highest BCUT2D eigenvalue weighted by atomic mass is 16.1. The molecule has 0 radical (unpaired) electrons. The summed E-state index contributed by atoms with van der Waals surface area (Å²) >= 11 is 0. The van der Waals surface area contributed by atoms with E-state index < -0.39 is 0 Å². The summed E-state index contributed by atoms with van der Waals surface area (Å²) in [5.41, 5.74) is -0.0649. The molecule has 1 aliphatic rings. The summed E-state index contributed by atoms with van der Waals surface area (Å²) in [6.45, 7) is 5.43. The van der Waals surface area contributed by atoms with E-state index in [9.17, 15) is 4.79 Å². The molecule has 0 bridgehead atoms. The van der Waals surface area contributed by atoms with Crippen LogP contribution in [0.3, 0.4) is 0 Å². The fourth-order valence-electron chi connectivity index (χ4n) is 3.26. The first kappa shape index (κ1) is 15.6. The molecule has 0 amide bonds. The molecule has 0 spiro atoms. The Bertz CT molecular complexity index is 255. The zero-order valence-electron chi connectivity index (χ0n) is 12.6. The highest BCUT2D eigenvalue weighted by Gasteiger charge is 2.35. The maximum Gasteiger partial charge on any atom is 0.127 e. The lowest BCUT2D eigenvalue weighted by Crippen LogP contribution is -2.41. The molecular formula is C15H30N2O. The Morgan fingerprint density at radius 1 is 1.28 bits per heavy atom. The lowest BCUT2D eigenvalue weighted by Gasteiger charge is -2.38.